The summed E-state index contributed by atoms with van der Waals surface area (Å²) in [4.78, 5) is 42.7. The zero-order valence-electron chi connectivity index (χ0n) is 41.1. The van der Waals surface area contributed by atoms with Crippen LogP contribution in [0.1, 0.15) is 113 Å². The van der Waals surface area contributed by atoms with Crippen molar-refractivity contribution in [3.05, 3.63) is 142 Å². The molecule has 6 heterocycles. The Labute approximate surface area is 446 Å². The summed E-state index contributed by atoms with van der Waals surface area (Å²) in [5, 5.41) is 17.5. The van der Waals surface area contributed by atoms with Crippen LogP contribution in [-0.2, 0) is 47.1 Å². The summed E-state index contributed by atoms with van der Waals surface area (Å²) in [6.07, 6.45) is 10.6. The van der Waals surface area contributed by atoms with Crippen LogP contribution in [0.25, 0.3) is 39.6 Å². The number of rotatable bonds is 19. The third-order valence-corrected chi connectivity index (χ3v) is 11.8. The average molecular weight is 1110 g/mol. The van der Waals surface area contributed by atoms with Gasteiger partial charge in [0.2, 0.25) is 0 Å². The second kappa shape index (κ2) is 29.7. The fourth-order valence-corrected chi connectivity index (χ4v) is 8.06. The second-order valence-electron chi connectivity index (χ2n) is 17.3. The standard InChI is InChI=1S/C29H25N3O4S.C25H30F3N4.CNS.Ru/c1-2-3-4-5-6-22-11-14-37-29(22)8-7-21-9-12-30-25(15-21)27-17-24(36-20-34)18-28(32-27)26-16-23(35-19-33)10-13-31-26;1-5-6-7-8-15-32(19-11-9-18(10-12-19)24(2,3)4)20-13-14-29-21(16-20)22-17-23(31-30-22)25(26,27)28;2-1-3;/h9-20H,2-6H2,1H3;9-14,16-17H,5-8,15H2,1-4H3;;/q;2*-1;+2. The van der Waals surface area contributed by atoms with E-state index in [0.29, 0.717) is 47.2 Å². The topological polar surface area (TPSA) is 157 Å². The molecule has 0 amide bonds. The Bertz CT molecular complexity index is 2940. The number of hydrogen-bond acceptors (Lipinski definition) is 12. The summed E-state index contributed by atoms with van der Waals surface area (Å²) < 4.78 is 48.8. The molecule has 18 heteroatoms. The molecule has 0 spiro atoms. The van der Waals surface area contributed by atoms with Crippen LogP contribution in [0.3, 0.4) is 0 Å². The van der Waals surface area contributed by atoms with Crippen molar-refractivity contribution in [3.8, 4) is 57.5 Å². The Morgan fingerprint density at radius 3 is 1.95 bits per heavy atom. The number of isothiocyanates is 1. The Kier molecular flexibility index (Phi) is 23.9. The summed E-state index contributed by atoms with van der Waals surface area (Å²) in [5.41, 5.74) is 6.69. The summed E-state index contributed by atoms with van der Waals surface area (Å²) in [5.74, 6) is 7.16. The molecule has 6 aromatic heterocycles. The van der Waals surface area contributed by atoms with Gasteiger partial charge in [-0.15, -0.1) is 11.3 Å². The van der Waals surface area contributed by atoms with Crippen LogP contribution in [-0.4, -0.2) is 49.7 Å². The van der Waals surface area contributed by atoms with Crippen LogP contribution in [0.5, 0.6) is 11.5 Å². The molecular formula is C55H55F3N8O4RuS2. The van der Waals surface area contributed by atoms with Crippen molar-refractivity contribution in [1.82, 2.24) is 30.1 Å². The number of benzene rings is 1. The molecule has 0 bridgehead atoms. The molecule has 0 saturated carbocycles. The van der Waals surface area contributed by atoms with Crippen molar-refractivity contribution in [2.45, 2.75) is 104 Å². The smallest absolute Gasteiger partial charge is 0.753 e. The first kappa shape index (κ1) is 58.8. The van der Waals surface area contributed by atoms with Gasteiger partial charge in [-0.1, -0.05) is 115 Å². The van der Waals surface area contributed by atoms with Crippen molar-refractivity contribution in [1.29, 1.82) is 0 Å². The van der Waals surface area contributed by atoms with Crippen LogP contribution in [0, 0.1) is 11.8 Å². The van der Waals surface area contributed by atoms with Crippen molar-refractivity contribution in [3.63, 3.8) is 0 Å². The van der Waals surface area contributed by atoms with Crippen molar-refractivity contribution in [2.24, 2.45) is 0 Å². The Balaban J connectivity index is 0.000000299. The molecular weight excluding hydrogens is 1060 g/mol. The summed E-state index contributed by atoms with van der Waals surface area (Å²) >= 11 is 5.35. The number of nitrogens with zero attached hydrogens (tertiary/aromatic N) is 8. The molecule has 0 fully saturated rings. The van der Waals surface area contributed by atoms with Gasteiger partial charge in [0.05, 0.1) is 33.3 Å². The Morgan fingerprint density at radius 2 is 1.32 bits per heavy atom. The zero-order chi connectivity index (χ0) is 51.9. The SMILES string of the molecule is CCCCCCN(c1ccc(C(C)(C)C)cc1)c1ccnc(-c2cc(C(F)(F)F)n[n-]2)c1.CCCCCCc1ccsc1C#Cc1ccnc(-c2cc(OC=O)cc(-c3cc(OC=O)ccn3)n2)c1.[N-]=C=S.[Ru+2]. The van der Waals surface area contributed by atoms with Crippen molar-refractivity contribution < 1.29 is 51.7 Å². The van der Waals surface area contributed by atoms with E-state index in [9.17, 15) is 22.8 Å². The van der Waals surface area contributed by atoms with E-state index < -0.39 is 11.9 Å². The van der Waals surface area contributed by atoms with Gasteiger partial charge in [0.25, 0.3) is 12.9 Å². The minimum absolute atomic E-state index is 0. The number of halogens is 3. The molecule has 0 unspecified atom stereocenters. The van der Waals surface area contributed by atoms with Crippen LogP contribution < -0.4 is 19.5 Å². The fourth-order valence-electron chi connectivity index (χ4n) is 7.26. The summed E-state index contributed by atoms with van der Waals surface area (Å²) in [6, 6.07) is 25.2. The first-order chi connectivity index (χ1) is 34.7. The number of aryl methyl sites for hydroxylation is 1. The fraction of sp³-hybridized carbons (Fsp3) is 0.309. The van der Waals surface area contributed by atoms with Gasteiger partial charge in [-0.2, -0.15) is 18.3 Å². The van der Waals surface area contributed by atoms with E-state index in [2.05, 4.69) is 129 Å². The van der Waals surface area contributed by atoms with E-state index in [1.807, 2.05) is 18.2 Å². The quantitative estimate of drug-likeness (QED) is 0.0189. The van der Waals surface area contributed by atoms with Gasteiger partial charge >= 0.3 is 25.7 Å². The third kappa shape index (κ3) is 18.4. The minimum atomic E-state index is -4.52. The van der Waals surface area contributed by atoms with Crippen molar-refractivity contribution in [2.75, 3.05) is 11.4 Å². The van der Waals surface area contributed by atoms with Gasteiger partial charge in [-0.25, -0.2) is 4.98 Å². The van der Waals surface area contributed by atoms with E-state index >= 15 is 0 Å². The third-order valence-electron chi connectivity index (χ3n) is 11.0. The number of thiocarbonyl (C=S) groups is 1. The summed E-state index contributed by atoms with van der Waals surface area (Å²) in [6.45, 7) is 12.4. The molecule has 0 radical (unpaired) electrons. The molecule has 380 valence electrons. The maximum atomic E-state index is 12.9. The molecule has 0 N–H and O–H groups in total. The number of hydrogen-bond donors (Lipinski definition) is 0. The molecule has 0 saturated heterocycles. The van der Waals surface area contributed by atoms with E-state index in [0.717, 1.165) is 60.1 Å². The predicted octanol–water partition coefficient (Wildman–Crippen LogP) is 13.7. The Morgan fingerprint density at radius 1 is 0.712 bits per heavy atom. The molecule has 7 aromatic rings. The average Bonchev–Trinajstić information content (AvgIpc) is 4.07. The van der Waals surface area contributed by atoms with E-state index in [1.165, 1.54) is 54.6 Å². The first-order valence-corrected chi connectivity index (χ1v) is 24.7. The van der Waals surface area contributed by atoms with Gasteiger partial charge in [0.15, 0.2) is 0 Å². The van der Waals surface area contributed by atoms with Gasteiger partial charge in [0.1, 0.15) is 17.2 Å². The Hall–Kier alpha value is -6.76. The van der Waals surface area contributed by atoms with E-state index in [1.54, 1.807) is 54.1 Å². The number of ether oxygens (including phenoxy) is 2. The molecule has 0 aliphatic heterocycles. The molecule has 0 aliphatic rings. The first-order valence-electron chi connectivity index (χ1n) is 23.4. The summed E-state index contributed by atoms with van der Waals surface area (Å²) in [7, 11) is 0. The normalized spacial score (nSPS) is 10.7. The van der Waals surface area contributed by atoms with E-state index in [-0.39, 0.29) is 36.3 Å². The predicted molar refractivity (Wildman–Crippen MR) is 280 cm³/mol. The number of aromatic nitrogens is 6. The van der Waals surface area contributed by atoms with Crippen LogP contribution in [0.15, 0.2) is 109 Å². The maximum Gasteiger partial charge on any atom is 2.00 e. The number of carbonyl (C=O) groups is 2. The monoisotopic (exact) mass is 1110 g/mol. The van der Waals surface area contributed by atoms with Gasteiger partial charge in [-0.05, 0) is 95.8 Å². The van der Waals surface area contributed by atoms with E-state index in [4.69, 9.17) is 14.9 Å². The van der Waals surface area contributed by atoms with Crippen molar-refractivity contribution >= 4 is 53.0 Å². The van der Waals surface area contributed by atoms with Crippen LogP contribution in [0.2, 0.25) is 0 Å². The number of carbonyl (C=O) groups excluding carboxylic acids is 2. The number of alkyl halides is 3. The number of pyridine rings is 4. The van der Waals surface area contributed by atoms with Gasteiger partial charge in [-0.3, -0.25) is 24.5 Å². The second-order valence-corrected chi connectivity index (χ2v) is 18.4. The number of thiophene rings is 1. The largest absolute Gasteiger partial charge is 2.00 e. The maximum absolute atomic E-state index is 12.9. The number of anilines is 2. The molecule has 73 heavy (non-hydrogen) atoms. The molecule has 0 aliphatic carbocycles. The van der Waals surface area contributed by atoms with Crippen LogP contribution in [0.4, 0.5) is 24.5 Å². The van der Waals surface area contributed by atoms with Crippen LogP contribution >= 0.6 is 23.6 Å². The van der Waals surface area contributed by atoms with Gasteiger partial charge in [0, 0.05) is 60.3 Å². The number of unbranched alkanes of at least 4 members (excludes halogenated alkanes) is 6. The molecule has 12 nitrogen and oxygen atoms in total. The molecule has 1 aromatic carbocycles. The van der Waals surface area contributed by atoms with Gasteiger partial charge < -0.3 is 30.0 Å². The molecule has 0 atom stereocenters. The minimum Gasteiger partial charge on any atom is -0.753 e. The molecule has 7 rings (SSSR count). The zero-order valence-corrected chi connectivity index (χ0v) is 44.5.